The Morgan fingerprint density at radius 1 is 1.35 bits per heavy atom. The van der Waals surface area contributed by atoms with Crippen molar-refractivity contribution in [3.63, 3.8) is 0 Å². The molecule has 1 saturated heterocycles. The van der Waals surface area contributed by atoms with Crippen LogP contribution in [0, 0.1) is 5.92 Å². The van der Waals surface area contributed by atoms with Crippen LogP contribution in [-0.2, 0) is 10.0 Å². The number of rotatable bonds is 6. The van der Waals surface area contributed by atoms with E-state index in [2.05, 4.69) is 33.8 Å². The highest BCUT2D eigenvalue weighted by atomic mass is 32.2. The van der Waals surface area contributed by atoms with E-state index in [-0.39, 0.29) is 0 Å². The first-order valence-electron chi connectivity index (χ1n) is 7.40. The highest BCUT2D eigenvalue weighted by molar-refractivity contribution is 7.88. The van der Waals surface area contributed by atoms with Gasteiger partial charge < -0.3 is 10.2 Å². The molecule has 0 atom stereocenters. The minimum Gasteiger partial charge on any atom is -0.357 e. The molecular weight excluding hydrogens is 276 g/mol. The molecule has 0 aromatic heterocycles. The molecule has 0 spiro atoms. The Morgan fingerprint density at radius 2 is 2.00 bits per heavy atom. The van der Waals surface area contributed by atoms with Gasteiger partial charge in [-0.25, -0.2) is 13.1 Å². The number of likely N-dealkylation sites (tertiary alicyclic amines) is 1. The number of hydrogen-bond acceptors (Lipinski definition) is 3. The van der Waals surface area contributed by atoms with Gasteiger partial charge in [0.15, 0.2) is 5.96 Å². The molecular formula is C13H28N4O2S. The normalized spacial score (nSPS) is 18.4. The van der Waals surface area contributed by atoms with E-state index >= 15 is 0 Å². The quantitative estimate of drug-likeness (QED) is 0.429. The average Bonchev–Trinajstić information content (AvgIpc) is 2.37. The Kier molecular flexibility index (Phi) is 7.29. The SMILES string of the molecule is CCNC(=NCCCNS(C)(=O)=O)N1CCC(C)CC1. The second-order valence-electron chi connectivity index (χ2n) is 5.43. The molecule has 0 amide bonds. The molecule has 118 valence electrons. The van der Waals surface area contributed by atoms with Gasteiger partial charge in [-0.2, -0.15) is 0 Å². The number of piperidine rings is 1. The topological polar surface area (TPSA) is 73.8 Å². The number of nitrogens with one attached hydrogen (secondary N) is 2. The second-order valence-corrected chi connectivity index (χ2v) is 7.26. The Labute approximate surface area is 123 Å². The molecule has 20 heavy (non-hydrogen) atoms. The van der Waals surface area contributed by atoms with Gasteiger partial charge in [0, 0.05) is 32.7 Å². The third-order valence-electron chi connectivity index (χ3n) is 3.38. The van der Waals surface area contributed by atoms with Crippen LogP contribution >= 0.6 is 0 Å². The zero-order chi connectivity index (χ0) is 15.0. The van der Waals surface area contributed by atoms with Gasteiger partial charge in [0.2, 0.25) is 10.0 Å². The number of sulfonamides is 1. The summed E-state index contributed by atoms with van der Waals surface area (Å²) < 4.78 is 24.4. The van der Waals surface area contributed by atoms with Crippen molar-refractivity contribution in [2.24, 2.45) is 10.9 Å². The van der Waals surface area contributed by atoms with E-state index in [4.69, 9.17) is 0 Å². The zero-order valence-corrected chi connectivity index (χ0v) is 13.7. The Bertz CT molecular complexity index is 401. The summed E-state index contributed by atoms with van der Waals surface area (Å²) in [5, 5.41) is 3.31. The lowest BCUT2D eigenvalue weighted by molar-refractivity contribution is 0.273. The summed E-state index contributed by atoms with van der Waals surface area (Å²) >= 11 is 0. The van der Waals surface area contributed by atoms with Crippen LogP contribution in [0.5, 0.6) is 0 Å². The predicted octanol–water partition coefficient (Wildman–Crippen LogP) is 0.623. The van der Waals surface area contributed by atoms with E-state index < -0.39 is 10.0 Å². The molecule has 2 N–H and O–H groups in total. The summed E-state index contributed by atoms with van der Waals surface area (Å²) in [6.45, 7) is 8.39. The van der Waals surface area contributed by atoms with E-state index in [1.54, 1.807) is 0 Å². The van der Waals surface area contributed by atoms with E-state index in [1.165, 1.54) is 19.1 Å². The first-order chi connectivity index (χ1) is 9.42. The molecule has 1 aliphatic rings. The van der Waals surface area contributed by atoms with Crippen molar-refractivity contribution in [3.8, 4) is 0 Å². The predicted molar refractivity (Wildman–Crippen MR) is 83.4 cm³/mol. The highest BCUT2D eigenvalue weighted by Gasteiger charge is 2.18. The minimum atomic E-state index is -3.09. The molecule has 7 heteroatoms. The molecule has 1 fully saturated rings. The Morgan fingerprint density at radius 3 is 2.55 bits per heavy atom. The Hall–Kier alpha value is -0.820. The monoisotopic (exact) mass is 304 g/mol. The molecule has 0 radical (unpaired) electrons. The van der Waals surface area contributed by atoms with Gasteiger partial charge >= 0.3 is 0 Å². The minimum absolute atomic E-state index is 0.443. The standard InChI is InChI=1S/C13H28N4O2S/c1-4-14-13(17-10-6-12(2)7-11-17)15-8-5-9-16-20(3,18)19/h12,16H,4-11H2,1-3H3,(H,14,15). The maximum Gasteiger partial charge on any atom is 0.208 e. The van der Waals surface area contributed by atoms with E-state index in [0.717, 1.165) is 31.5 Å². The molecule has 1 aliphatic heterocycles. The summed E-state index contributed by atoms with van der Waals surface area (Å²) in [7, 11) is -3.09. The molecule has 0 aromatic rings. The van der Waals surface area contributed by atoms with E-state index in [1.807, 2.05) is 0 Å². The summed E-state index contributed by atoms with van der Waals surface area (Å²) in [6.07, 6.45) is 4.31. The lowest BCUT2D eigenvalue weighted by Gasteiger charge is -2.33. The summed E-state index contributed by atoms with van der Waals surface area (Å²) in [6, 6.07) is 0. The van der Waals surface area contributed by atoms with Crippen molar-refractivity contribution in [2.75, 3.05) is 39.0 Å². The van der Waals surface area contributed by atoms with Gasteiger partial charge in [-0.15, -0.1) is 0 Å². The fourth-order valence-electron chi connectivity index (χ4n) is 2.17. The largest absolute Gasteiger partial charge is 0.357 e. The van der Waals surface area contributed by atoms with Crippen molar-refractivity contribution in [1.29, 1.82) is 0 Å². The molecule has 0 bridgehead atoms. The van der Waals surface area contributed by atoms with E-state index in [0.29, 0.717) is 19.5 Å². The molecule has 0 unspecified atom stereocenters. The van der Waals surface area contributed by atoms with Crippen LogP contribution in [0.2, 0.25) is 0 Å². The molecule has 1 rings (SSSR count). The van der Waals surface area contributed by atoms with Crippen LogP contribution in [0.25, 0.3) is 0 Å². The van der Waals surface area contributed by atoms with Gasteiger partial charge in [0.25, 0.3) is 0 Å². The van der Waals surface area contributed by atoms with Crippen LogP contribution in [-0.4, -0.2) is 58.3 Å². The van der Waals surface area contributed by atoms with Gasteiger partial charge in [0.05, 0.1) is 6.26 Å². The maximum absolute atomic E-state index is 10.9. The van der Waals surface area contributed by atoms with Gasteiger partial charge in [-0.3, -0.25) is 4.99 Å². The molecule has 0 aliphatic carbocycles. The summed E-state index contributed by atoms with van der Waals surface area (Å²) in [5.74, 6) is 1.76. The Balaban J connectivity index is 2.38. The van der Waals surface area contributed by atoms with Crippen LogP contribution < -0.4 is 10.0 Å². The first kappa shape index (κ1) is 17.2. The molecule has 6 nitrogen and oxygen atoms in total. The van der Waals surface area contributed by atoms with Crippen LogP contribution in [0.15, 0.2) is 4.99 Å². The number of nitrogens with zero attached hydrogens (tertiary/aromatic N) is 2. The third kappa shape index (κ3) is 7.09. The lowest BCUT2D eigenvalue weighted by Crippen LogP contribution is -2.45. The van der Waals surface area contributed by atoms with Crippen molar-refractivity contribution in [2.45, 2.75) is 33.1 Å². The van der Waals surface area contributed by atoms with Gasteiger partial charge in [0.1, 0.15) is 0 Å². The fraction of sp³-hybridized carbons (Fsp3) is 0.923. The number of aliphatic imine (C=N–C) groups is 1. The van der Waals surface area contributed by atoms with E-state index in [9.17, 15) is 8.42 Å². The van der Waals surface area contributed by atoms with Crippen molar-refractivity contribution in [1.82, 2.24) is 14.9 Å². The van der Waals surface area contributed by atoms with Crippen molar-refractivity contribution < 1.29 is 8.42 Å². The summed E-state index contributed by atoms with van der Waals surface area (Å²) in [4.78, 5) is 6.88. The average molecular weight is 304 g/mol. The van der Waals surface area contributed by atoms with Crippen LogP contribution in [0.4, 0.5) is 0 Å². The summed E-state index contributed by atoms with van der Waals surface area (Å²) in [5.41, 5.74) is 0. The van der Waals surface area contributed by atoms with Crippen LogP contribution in [0.3, 0.4) is 0 Å². The van der Waals surface area contributed by atoms with Gasteiger partial charge in [-0.1, -0.05) is 6.92 Å². The van der Waals surface area contributed by atoms with Crippen LogP contribution in [0.1, 0.15) is 33.1 Å². The molecule has 0 aromatic carbocycles. The lowest BCUT2D eigenvalue weighted by atomic mass is 10.00. The van der Waals surface area contributed by atoms with Crippen molar-refractivity contribution >= 4 is 16.0 Å². The zero-order valence-electron chi connectivity index (χ0n) is 12.9. The highest BCUT2D eigenvalue weighted by Crippen LogP contribution is 2.15. The van der Waals surface area contributed by atoms with Gasteiger partial charge in [-0.05, 0) is 32.1 Å². The fourth-order valence-corrected chi connectivity index (χ4v) is 2.68. The first-order valence-corrected chi connectivity index (χ1v) is 9.29. The number of hydrogen-bond donors (Lipinski definition) is 2. The number of guanidine groups is 1. The maximum atomic E-state index is 10.9. The smallest absolute Gasteiger partial charge is 0.208 e. The second kappa shape index (κ2) is 8.46. The molecule has 0 saturated carbocycles. The third-order valence-corrected chi connectivity index (χ3v) is 4.11. The van der Waals surface area contributed by atoms with Crippen molar-refractivity contribution in [3.05, 3.63) is 0 Å². The molecule has 1 heterocycles.